The molecule has 0 aliphatic carbocycles. The van der Waals surface area contributed by atoms with Gasteiger partial charge in [-0.25, -0.2) is 0 Å². The molecule has 32 heavy (non-hydrogen) atoms. The van der Waals surface area contributed by atoms with Gasteiger partial charge >= 0.3 is 0 Å². The Morgan fingerprint density at radius 3 is 2.56 bits per heavy atom. The minimum atomic E-state index is -0.701. The summed E-state index contributed by atoms with van der Waals surface area (Å²) in [6.07, 6.45) is 3.33. The quantitative estimate of drug-likeness (QED) is 0.346. The van der Waals surface area contributed by atoms with Crippen molar-refractivity contribution in [3.05, 3.63) is 108 Å². The van der Waals surface area contributed by atoms with Crippen LogP contribution < -0.4 is 5.43 Å². The number of rotatable bonds is 3. The lowest BCUT2D eigenvalue weighted by molar-refractivity contribution is 0.0714. The molecule has 1 aliphatic rings. The molecule has 1 amide bonds. The third-order valence-corrected chi connectivity index (χ3v) is 6.73. The van der Waals surface area contributed by atoms with Crippen LogP contribution >= 0.6 is 34.8 Å². The first-order valence-electron chi connectivity index (χ1n) is 9.77. The van der Waals surface area contributed by atoms with E-state index in [1.165, 1.54) is 0 Å². The first-order valence-corrected chi connectivity index (χ1v) is 10.9. The number of aryl methyl sites for hydroxylation is 1. The van der Waals surface area contributed by atoms with Crippen LogP contribution in [-0.2, 0) is 6.54 Å². The van der Waals surface area contributed by atoms with Gasteiger partial charge in [0.15, 0.2) is 5.43 Å². The maximum atomic E-state index is 13.6. The summed E-state index contributed by atoms with van der Waals surface area (Å²) in [5, 5.41) is 1.48. The molecule has 0 bridgehead atoms. The van der Waals surface area contributed by atoms with Crippen LogP contribution in [-0.4, -0.2) is 15.8 Å². The molecule has 0 fully saturated rings. The molecule has 5 rings (SSSR count). The number of hydrogen-bond acceptors (Lipinski definition) is 4. The van der Waals surface area contributed by atoms with Gasteiger partial charge in [-0.15, -0.1) is 0 Å². The Kier molecular flexibility index (Phi) is 5.20. The van der Waals surface area contributed by atoms with Gasteiger partial charge in [-0.05, 0) is 53.9 Å². The highest BCUT2D eigenvalue weighted by atomic mass is 35.5. The number of amides is 1. The number of nitrogens with zero attached hydrogens (tertiary/aromatic N) is 2. The van der Waals surface area contributed by atoms with Crippen LogP contribution in [0.3, 0.4) is 0 Å². The van der Waals surface area contributed by atoms with Crippen LogP contribution in [0.25, 0.3) is 11.0 Å². The second-order valence-corrected chi connectivity index (χ2v) is 8.86. The minimum Gasteiger partial charge on any atom is -0.450 e. The number of carbonyl (C=O) groups is 1. The van der Waals surface area contributed by atoms with Gasteiger partial charge in [-0.1, -0.05) is 46.9 Å². The maximum Gasteiger partial charge on any atom is 0.291 e. The molecule has 1 unspecified atom stereocenters. The zero-order chi connectivity index (χ0) is 22.6. The second-order valence-electron chi connectivity index (χ2n) is 7.64. The SMILES string of the molecule is Cc1cc2oc3c(c(=O)c2cc1Cl)C(c1ccc(Cl)c(Cl)c1)N(Cc1cccnc1)C3=O. The monoisotopic (exact) mass is 484 g/mol. The average Bonchev–Trinajstić information content (AvgIpc) is 3.04. The van der Waals surface area contributed by atoms with Crippen LogP contribution in [0, 0.1) is 6.92 Å². The van der Waals surface area contributed by atoms with E-state index in [2.05, 4.69) is 4.98 Å². The van der Waals surface area contributed by atoms with Crippen molar-refractivity contribution in [2.45, 2.75) is 19.5 Å². The van der Waals surface area contributed by atoms with Gasteiger partial charge in [-0.2, -0.15) is 0 Å². The predicted molar refractivity (Wildman–Crippen MR) is 125 cm³/mol. The predicted octanol–water partition coefficient (Wildman–Crippen LogP) is 6.20. The fraction of sp³-hybridized carbons (Fsp3) is 0.125. The van der Waals surface area contributed by atoms with E-state index in [9.17, 15) is 9.59 Å². The molecule has 2 aromatic heterocycles. The lowest BCUT2D eigenvalue weighted by Crippen LogP contribution is -2.29. The van der Waals surface area contributed by atoms with Crippen molar-refractivity contribution in [1.82, 2.24) is 9.88 Å². The number of halogens is 3. The topological polar surface area (TPSA) is 63.4 Å². The number of pyridine rings is 1. The molecule has 5 nitrogen and oxygen atoms in total. The lowest BCUT2D eigenvalue weighted by Gasteiger charge is -2.25. The van der Waals surface area contributed by atoms with Gasteiger partial charge in [0.1, 0.15) is 5.58 Å². The molecule has 4 aromatic rings. The number of aromatic nitrogens is 1. The molecule has 1 aliphatic heterocycles. The van der Waals surface area contributed by atoms with Crippen molar-refractivity contribution in [2.24, 2.45) is 0 Å². The fourth-order valence-electron chi connectivity index (χ4n) is 4.02. The van der Waals surface area contributed by atoms with Crippen molar-refractivity contribution in [3.63, 3.8) is 0 Å². The van der Waals surface area contributed by atoms with Crippen LogP contribution in [0.2, 0.25) is 15.1 Å². The molecule has 0 saturated carbocycles. The Bertz CT molecular complexity index is 1450. The molecule has 0 radical (unpaired) electrons. The Hall–Kier alpha value is -2.86. The van der Waals surface area contributed by atoms with Gasteiger partial charge in [0.2, 0.25) is 5.76 Å². The zero-order valence-electron chi connectivity index (χ0n) is 16.7. The molecule has 1 atom stereocenters. The third-order valence-electron chi connectivity index (χ3n) is 5.58. The highest BCUT2D eigenvalue weighted by Crippen LogP contribution is 2.41. The van der Waals surface area contributed by atoms with Gasteiger partial charge < -0.3 is 9.32 Å². The molecule has 8 heteroatoms. The summed E-state index contributed by atoms with van der Waals surface area (Å²) in [5.74, 6) is -0.365. The largest absolute Gasteiger partial charge is 0.450 e. The standard InChI is InChI=1S/C24H15Cl3N2O3/c1-12-7-19-15(9-17(12)26)22(30)20-21(14-4-5-16(25)18(27)8-14)29(24(31)23(20)32-19)11-13-3-2-6-28-10-13/h2-10,21H,11H2,1H3. The Morgan fingerprint density at radius 1 is 1.03 bits per heavy atom. The van der Waals surface area contributed by atoms with Crippen molar-refractivity contribution in [1.29, 1.82) is 0 Å². The zero-order valence-corrected chi connectivity index (χ0v) is 19.0. The second kappa shape index (κ2) is 7.93. The van der Waals surface area contributed by atoms with Gasteiger partial charge in [-0.3, -0.25) is 14.6 Å². The van der Waals surface area contributed by atoms with Gasteiger partial charge in [0.05, 0.1) is 27.0 Å². The Labute approximate surface area is 198 Å². The van der Waals surface area contributed by atoms with Crippen molar-refractivity contribution >= 4 is 51.7 Å². The first kappa shape index (κ1) is 21.0. The summed E-state index contributed by atoms with van der Waals surface area (Å²) in [5.41, 5.74) is 2.49. The normalized spacial score (nSPS) is 15.4. The lowest BCUT2D eigenvalue weighted by atomic mass is 9.98. The van der Waals surface area contributed by atoms with Gasteiger partial charge in [0, 0.05) is 24.0 Å². The van der Waals surface area contributed by atoms with E-state index in [0.29, 0.717) is 31.6 Å². The van der Waals surface area contributed by atoms with Crippen molar-refractivity contribution in [2.75, 3.05) is 0 Å². The molecular weight excluding hydrogens is 471 g/mol. The summed E-state index contributed by atoms with van der Waals surface area (Å²) in [7, 11) is 0. The van der Waals surface area contributed by atoms with Crippen molar-refractivity contribution < 1.29 is 9.21 Å². The van der Waals surface area contributed by atoms with Crippen LogP contribution in [0.15, 0.2) is 64.1 Å². The van der Waals surface area contributed by atoms with E-state index < -0.39 is 6.04 Å². The third kappa shape index (κ3) is 3.37. The van der Waals surface area contributed by atoms with Crippen LogP contribution in [0.5, 0.6) is 0 Å². The van der Waals surface area contributed by atoms with E-state index in [4.69, 9.17) is 39.2 Å². The van der Waals surface area contributed by atoms with E-state index >= 15 is 0 Å². The number of fused-ring (bicyclic) bond motifs is 2. The molecule has 0 spiro atoms. The first-order chi connectivity index (χ1) is 15.3. The minimum absolute atomic E-state index is 0.0178. The van der Waals surface area contributed by atoms with Crippen LogP contribution in [0.1, 0.15) is 38.9 Å². The molecule has 0 saturated heterocycles. The number of benzene rings is 2. The average molecular weight is 486 g/mol. The van der Waals surface area contributed by atoms with E-state index in [1.807, 2.05) is 13.0 Å². The van der Waals surface area contributed by atoms with Crippen molar-refractivity contribution in [3.8, 4) is 0 Å². The molecule has 2 aromatic carbocycles. The molecular formula is C24H15Cl3N2O3. The van der Waals surface area contributed by atoms with Crippen LogP contribution in [0.4, 0.5) is 0 Å². The maximum absolute atomic E-state index is 13.6. The van der Waals surface area contributed by atoms with Gasteiger partial charge in [0.25, 0.3) is 5.91 Å². The summed E-state index contributed by atoms with van der Waals surface area (Å²) >= 11 is 18.7. The van der Waals surface area contributed by atoms with E-state index in [1.54, 1.807) is 53.7 Å². The van der Waals surface area contributed by atoms with E-state index in [0.717, 1.165) is 11.1 Å². The molecule has 0 N–H and O–H groups in total. The Balaban J connectivity index is 1.76. The Morgan fingerprint density at radius 2 is 1.84 bits per heavy atom. The van der Waals surface area contributed by atoms with E-state index in [-0.39, 0.29) is 29.2 Å². The highest BCUT2D eigenvalue weighted by molar-refractivity contribution is 6.42. The number of carbonyl (C=O) groups excluding carboxylic acids is 1. The number of hydrogen-bond donors (Lipinski definition) is 0. The smallest absolute Gasteiger partial charge is 0.291 e. The summed E-state index contributed by atoms with van der Waals surface area (Å²) in [4.78, 5) is 32.8. The fourth-order valence-corrected chi connectivity index (χ4v) is 4.49. The summed E-state index contributed by atoms with van der Waals surface area (Å²) in [6.45, 7) is 2.04. The highest BCUT2D eigenvalue weighted by Gasteiger charge is 2.43. The molecule has 3 heterocycles. The summed E-state index contributed by atoms with van der Waals surface area (Å²) in [6, 6.07) is 11.3. The summed E-state index contributed by atoms with van der Waals surface area (Å²) < 4.78 is 5.98. The molecule has 160 valence electrons.